The number of carbonyl (C=O) groups is 2. The molecule has 84 valence electrons. The number of halogens is 1. The monoisotopic (exact) mass is 332 g/mol. The Morgan fingerprint density at radius 2 is 2.38 bits per heavy atom. The molecule has 0 aromatic carbocycles. The van der Waals surface area contributed by atoms with E-state index < -0.39 is 11.9 Å². The molecule has 6 heteroatoms. The number of rotatable bonds is 2. The molecule has 1 unspecified atom stereocenters. The second-order valence-electron chi connectivity index (χ2n) is 3.58. The lowest BCUT2D eigenvalue weighted by molar-refractivity contribution is -0.141. The summed E-state index contributed by atoms with van der Waals surface area (Å²) in [6.45, 7) is 0.210. The Labute approximate surface area is 106 Å². The minimum absolute atomic E-state index is 0.0580. The fourth-order valence-electron chi connectivity index (χ4n) is 1.64. The molecule has 0 spiro atoms. The van der Waals surface area contributed by atoms with Crippen molar-refractivity contribution in [1.82, 2.24) is 4.98 Å². The Bertz CT molecular complexity index is 449. The number of anilines is 1. The summed E-state index contributed by atoms with van der Waals surface area (Å²) < 4.78 is 0.967. The van der Waals surface area contributed by atoms with Crippen molar-refractivity contribution in [2.45, 2.75) is 6.42 Å². The first kappa shape index (κ1) is 11.3. The molecule has 0 bridgehead atoms. The zero-order valence-corrected chi connectivity index (χ0v) is 10.4. The van der Waals surface area contributed by atoms with E-state index >= 15 is 0 Å². The van der Waals surface area contributed by atoms with Gasteiger partial charge in [0.15, 0.2) is 0 Å². The highest BCUT2D eigenvalue weighted by Crippen LogP contribution is 2.24. The fourth-order valence-corrected chi connectivity index (χ4v) is 2.07. The van der Waals surface area contributed by atoms with Crippen molar-refractivity contribution < 1.29 is 14.7 Å². The van der Waals surface area contributed by atoms with Gasteiger partial charge in [0.05, 0.1) is 5.92 Å². The largest absolute Gasteiger partial charge is 0.481 e. The summed E-state index contributed by atoms with van der Waals surface area (Å²) in [7, 11) is 0. The summed E-state index contributed by atoms with van der Waals surface area (Å²) in [5, 5.41) is 8.85. The molecule has 0 radical (unpaired) electrons. The van der Waals surface area contributed by atoms with Gasteiger partial charge in [0.1, 0.15) is 5.82 Å². The van der Waals surface area contributed by atoms with Crippen LogP contribution in [0.25, 0.3) is 0 Å². The number of carbonyl (C=O) groups excluding carboxylic acids is 1. The summed E-state index contributed by atoms with van der Waals surface area (Å²) in [6, 6.07) is 3.59. The molecule has 0 aliphatic carbocycles. The van der Waals surface area contributed by atoms with E-state index in [0.717, 1.165) is 3.57 Å². The first-order chi connectivity index (χ1) is 7.58. The van der Waals surface area contributed by atoms with E-state index in [0.29, 0.717) is 5.82 Å². The van der Waals surface area contributed by atoms with Gasteiger partial charge >= 0.3 is 5.97 Å². The van der Waals surface area contributed by atoms with Gasteiger partial charge in [-0.05, 0) is 34.7 Å². The number of carboxylic acid groups (broad SMARTS) is 1. The van der Waals surface area contributed by atoms with Crippen LogP contribution < -0.4 is 4.90 Å². The molecule has 1 aliphatic rings. The van der Waals surface area contributed by atoms with Crippen molar-refractivity contribution in [3.05, 3.63) is 21.9 Å². The van der Waals surface area contributed by atoms with Crippen molar-refractivity contribution in [3.63, 3.8) is 0 Å². The van der Waals surface area contributed by atoms with Crippen LogP contribution >= 0.6 is 22.6 Å². The molecule has 1 aliphatic heterocycles. The smallest absolute Gasteiger partial charge is 0.308 e. The van der Waals surface area contributed by atoms with E-state index in [1.165, 1.54) is 4.90 Å². The van der Waals surface area contributed by atoms with Crippen LogP contribution in [0.4, 0.5) is 5.82 Å². The van der Waals surface area contributed by atoms with Crippen LogP contribution in [0.2, 0.25) is 0 Å². The van der Waals surface area contributed by atoms with E-state index in [1.54, 1.807) is 12.3 Å². The molecule has 5 nitrogen and oxygen atoms in total. The lowest BCUT2D eigenvalue weighted by atomic mass is 10.1. The topological polar surface area (TPSA) is 70.5 Å². The van der Waals surface area contributed by atoms with Crippen molar-refractivity contribution in [1.29, 1.82) is 0 Å². The molecule has 1 atom stereocenters. The molecule has 1 aromatic heterocycles. The Balaban J connectivity index is 2.23. The average Bonchev–Trinajstić information content (AvgIpc) is 2.60. The Hall–Kier alpha value is -1.18. The van der Waals surface area contributed by atoms with E-state index in [2.05, 4.69) is 27.6 Å². The van der Waals surface area contributed by atoms with E-state index in [9.17, 15) is 9.59 Å². The minimum Gasteiger partial charge on any atom is -0.481 e. The maximum atomic E-state index is 11.6. The first-order valence-corrected chi connectivity index (χ1v) is 5.80. The van der Waals surface area contributed by atoms with Gasteiger partial charge in [-0.15, -0.1) is 0 Å². The third kappa shape index (κ3) is 2.16. The van der Waals surface area contributed by atoms with Crippen LogP contribution in [-0.4, -0.2) is 28.5 Å². The van der Waals surface area contributed by atoms with Crippen LogP contribution in [0.3, 0.4) is 0 Å². The number of hydrogen-bond acceptors (Lipinski definition) is 3. The Morgan fingerprint density at radius 3 is 2.94 bits per heavy atom. The third-order valence-corrected chi connectivity index (χ3v) is 3.13. The van der Waals surface area contributed by atoms with Crippen molar-refractivity contribution in [2.75, 3.05) is 11.4 Å². The zero-order valence-electron chi connectivity index (χ0n) is 8.26. The van der Waals surface area contributed by atoms with Crippen LogP contribution in [-0.2, 0) is 9.59 Å². The van der Waals surface area contributed by atoms with Gasteiger partial charge in [-0.2, -0.15) is 0 Å². The first-order valence-electron chi connectivity index (χ1n) is 4.72. The van der Waals surface area contributed by atoms with E-state index in [1.807, 2.05) is 6.07 Å². The standard InChI is InChI=1S/C10H9IN2O3/c11-7-1-2-12-8(4-7)13-5-6(10(15)16)3-9(13)14/h1-2,4,6H,3,5H2,(H,15,16). The molecule has 1 fully saturated rings. The summed E-state index contributed by atoms with van der Waals surface area (Å²) in [4.78, 5) is 27.9. The number of pyridine rings is 1. The van der Waals surface area contributed by atoms with Crippen LogP contribution in [0.1, 0.15) is 6.42 Å². The fraction of sp³-hybridized carbons (Fsp3) is 0.300. The molecule has 1 saturated heterocycles. The normalized spacial score (nSPS) is 20.2. The Kier molecular flexibility index (Phi) is 3.08. The van der Waals surface area contributed by atoms with E-state index in [-0.39, 0.29) is 18.9 Å². The SMILES string of the molecule is O=C(O)C1CC(=O)N(c2cc(I)ccn2)C1. The van der Waals surface area contributed by atoms with Gasteiger partial charge in [-0.1, -0.05) is 0 Å². The molecule has 1 N–H and O–H groups in total. The predicted molar refractivity (Wildman–Crippen MR) is 65.0 cm³/mol. The van der Waals surface area contributed by atoms with Crippen LogP contribution in [0, 0.1) is 9.49 Å². The van der Waals surface area contributed by atoms with E-state index in [4.69, 9.17) is 5.11 Å². The summed E-state index contributed by atoms with van der Waals surface area (Å²) in [5.41, 5.74) is 0. The molecular formula is C10H9IN2O3. The molecule has 2 rings (SSSR count). The highest BCUT2D eigenvalue weighted by Gasteiger charge is 2.35. The number of carboxylic acids is 1. The van der Waals surface area contributed by atoms with Crippen molar-refractivity contribution in [3.8, 4) is 0 Å². The number of aliphatic carboxylic acids is 1. The third-order valence-electron chi connectivity index (χ3n) is 2.46. The molecular weight excluding hydrogens is 323 g/mol. The summed E-state index contributed by atoms with van der Waals surface area (Å²) in [6.07, 6.45) is 1.67. The predicted octanol–water partition coefficient (Wildman–Crippen LogP) is 1.12. The molecule has 1 aromatic rings. The van der Waals surface area contributed by atoms with Gasteiger partial charge < -0.3 is 5.11 Å². The molecule has 1 amide bonds. The average molecular weight is 332 g/mol. The van der Waals surface area contributed by atoms with Gasteiger partial charge in [0, 0.05) is 22.7 Å². The van der Waals surface area contributed by atoms with Crippen LogP contribution in [0.15, 0.2) is 18.3 Å². The second kappa shape index (κ2) is 4.36. The summed E-state index contributed by atoms with van der Waals surface area (Å²) in [5.74, 6) is -1.20. The zero-order chi connectivity index (χ0) is 11.7. The second-order valence-corrected chi connectivity index (χ2v) is 4.82. The number of amides is 1. The van der Waals surface area contributed by atoms with Gasteiger partial charge in [0.2, 0.25) is 5.91 Å². The summed E-state index contributed by atoms with van der Waals surface area (Å²) >= 11 is 2.12. The van der Waals surface area contributed by atoms with Gasteiger partial charge in [-0.25, -0.2) is 4.98 Å². The lowest BCUT2D eigenvalue weighted by Gasteiger charge is -2.14. The van der Waals surface area contributed by atoms with Crippen molar-refractivity contribution >= 4 is 40.3 Å². The van der Waals surface area contributed by atoms with Gasteiger partial charge in [-0.3, -0.25) is 14.5 Å². The highest BCUT2D eigenvalue weighted by molar-refractivity contribution is 14.1. The van der Waals surface area contributed by atoms with Crippen LogP contribution in [0.5, 0.6) is 0 Å². The Morgan fingerprint density at radius 1 is 1.62 bits per heavy atom. The number of nitrogens with zero attached hydrogens (tertiary/aromatic N) is 2. The number of aromatic nitrogens is 1. The number of hydrogen-bond donors (Lipinski definition) is 1. The lowest BCUT2D eigenvalue weighted by Crippen LogP contribution is -2.26. The minimum atomic E-state index is -0.929. The highest BCUT2D eigenvalue weighted by atomic mass is 127. The quantitative estimate of drug-likeness (QED) is 0.824. The maximum Gasteiger partial charge on any atom is 0.308 e. The molecule has 2 heterocycles. The molecule has 16 heavy (non-hydrogen) atoms. The van der Waals surface area contributed by atoms with Gasteiger partial charge in [0.25, 0.3) is 0 Å². The van der Waals surface area contributed by atoms with Crippen molar-refractivity contribution in [2.24, 2.45) is 5.92 Å². The molecule has 0 saturated carbocycles. The maximum absolute atomic E-state index is 11.6.